The Morgan fingerprint density at radius 3 is 2.67 bits per heavy atom. The van der Waals surface area contributed by atoms with Crippen molar-refractivity contribution < 1.29 is 13.6 Å². The van der Waals surface area contributed by atoms with E-state index in [-0.39, 0.29) is 24.6 Å². The maximum Gasteiger partial charge on any atom is 0.257 e. The van der Waals surface area contributed by atoms with E-state index in [1.54, 1.807) is 13.8 Å². The molecule has 0 aliphatic carbocycles. The third kappa shape index (κ3) is 3.04. The van der Waals surface area contributed by atoms with Crippen molar-refractivity contribution in [1.29, 1.82) is 5.26 Å². The van der Waals surface area contributed by atoms with Crippen LogP contribution < -0.4 is 0 Å². The lowest BCUT2D eigenvalue weighted by Crippen LogP contribution is -2.38. The molecule has 1 amide bonds. The lowest BCUT2D eigenvalue weighted by molar-refractivity contribution is 0.0704. The quantitative estimate of drug-likeness (QED) is 0.827. The van der Waals surface area contributed by atoms with Gasteiger partial charge in [-0.1, -0.05) is 6.07 Å². The number of carbonyl (C=O) groups is 1. The Labute approximate surface area is 105 Å². The maximum absolute atomic E-state index is 13.5. The fourth-order valence-electron chi connectivity index (χ4n) is 1.59. The van der Waals surface area contributed by atoms with Gasteiger partial charge in [-0.15, -0.1) is 0 Å². The number of hydrogen-bond donors (Lipinski definition) is 0. The molecule has 5 heteroatoms. The van der Waals surface area contributed by atoms with Crippen molar-refractivity contribution in [3.05, 3.63) is 35.4 Å². The first-order valence-electron chi connectivity index (χ1n) is 5.61. The summed E-state index contributed by atoms with van der Waals surface area (Å²) in [7, 11) is 0. The second kappa shape index (κ2) is 6.10. The molecule has 0 unspecified atom stereocenters. The van der Waals surface area contributed by atoms with Crippen LogP contribution in [0.15, 0.2) is 18.2 Å². The molecule has 1 rings (SSSR count). The summed E-state index contributed by atoms with van der Waals surface area (Å²) < 4.78 is 26.6. The number of benzene rings is 1. The topological polar surface area (TPSA) is 44.1 Å². The van der Waals surface area contributed by atoms with Crippen LogP contribution in [0.2, 0.25) is 0 Å². The van der Waals surface area contributed by atoms with Gasteiger partial charge in [0, 0.05) is 12.6 Å². The monoisotopic (exact) mass is 252 g/mol. The second-order valence-corrected chi connectivity index (χ2v) is 4.10. The van der Waals surface area contributed by atoms with Crippen molar-refractivity contribution in [3.8, 4) is 6.07 Å². The van der Waals surface area contributed by atoms with Gasteiger partial charge in [-0.2, -0.15) is 5.26 Å². The fourth-order valence-corrected chi connectivity index (χ4v) is 1.59. The van der Waals surface area contributed by atoms with Gasteiger partial charge in [0.2, 0.25) is 0 Å². The minimum atomic E-state index is -1.15. The fraction of sp³-hybridized carbons (Fsp3) is 0.385. The number of carbonyl (C=O) groups excluding carboxylic acids is 1. The molecule has 96 valence electrons. The Morgan fingerprint density at radius 2 is 2.11 bits per heavy atom. The summed E-state index contributed by atoms with van der Waals surface area (Å²) in [5.74, 6) is -2.80. The van der Waals surface area contributed by atoms with Crippen LogP contribution in [0, 0.1) is 23.0 Å². The van der Waals surface area contributed by atoms with Crippen molar-refractivity contribution in [2.24, 2.45) is 0 Å². The highest BCUT2D eigenvalue weighted by Crippen LogP contribution is 2.15. The molecule has 0 saturated heterocycles. The predicted molar refractivity (Wildman–Crippen MR) is 62.8 cm³/mol. The Bertz CT molecular complexity index is 480. The Balaban J connectivity index is 3.03. The van der Waals surface area contributed by atoms with Gasteiger partial charge in [-0.05, 0) is 26.0 Å². The SMILES string of the molecule is CC(C)N(CCC#N)C(=O)c1cccc(F)c1F. The highest BCUT2D eigenvalue weighted by molar-refractivity contribution is 5.94. The van der Waals surface area contributed by atoms with Crippen LogP contribution in [0.3, 0.4) is 0 Å². The summed E-state index contributed by atoms with van der Waals surface area (Å²) in [6, 6.07) is 5.22. The van der Waals surface area contributed by atoms with Crippen molar-refractivity contribution in [1.82, 2.24) is 4.90 Å². The van der Waals surface area contributed by atoms with E-state index >= 15 is 0 Å². The molecular formula is C13H14F2N2O. The summed E-state index contributed by atoms with van der Waals surface area (Å²) >= 11 is 0. The molecule has 0 spiro atoms. The summed E-state index contributed by atoms with van der Waals surface area (Å²) in [5, 5.41) is 8.53. The van der Waals surface area contributed by atoms with E-state index in [9.17, 15) is 13.6 Å². The van der Waals surface area contributed by atoms with Crippen LogP contribution in [-0.4, -0.2) is 23.4 Å². The van der Waals surface area contributed by atoms with Gasteiger partial charge in [-0.3, -0.25) is 4.79 Å². The molecule has 0 N–H and O–H groups in total. The van der Waals surface area contributed by atoms with Crippen LogP contribution in [0.4, 0.5) is 8.78 Å². The Hall–Kier alpha value is -1.96. The number of halogens is 2. The van der Waals surface area contributed by atoms with Gasteiger partial charge in [0.25, 0.3) is 5.91 Å². The minimum absolute atomic E-state index is 0.154. The van der Waals surface area contributed by atoms with Crippen molar-refractivity contribution >= 4 is 5.91 Å². The number of nitrogens with zero attached hydrogens (tertiary/aromatic N) is 2. The van der Waals surface area contributed by atoms with E-state index in [0.29, 0.717) is 0 Å². The summed E-state index contributed by atoms with van der Waals surface area (Å²) in [4.78, 5) is 13.4. The molecular weight excluding hydrogens is 238 g/mol. The van der Waals surface area contributed by atoms with E-state index in [2.05, 4.69) is 0 Å². The highest BCUT2D eigenvalue weighted by Gasteiger charge is 2.22. The van der Waals surface area contributed by atoms with E-state index < -0.39 is 17.5 Å². The van der Waals surface area contributed by atoms with E-state index in [1.807, 2.05) is 6.07 Å². The molecule has 1 aromatic carbocycles. The van der Waals surface area contributed by atoms with Crippen molar-refractivity contribution in [2.75, 3.05) is 6.54 Å². The molecule has 0 atom stereocenters. The van der Waals surface area contributed by atoms with Crippen LogP contribution >= 0.6 is 0 Å². The lowest BCUT2D eigenvalue weighted by Gasteiger charge is -2.26. The van der Waals surface area contributed by atoms with Crippen molar-refractivity contribution in [2.45, 2.75) is 26.3 Å². The van der Waals surface area contributed by atoms with Gasteiger partial charge >= 0.3 is 0 Å². The zero-order valence-electron chi connectivity index (χ0n) is 10.3. The van der Waals surface area contributed by atoms with E-state index in [4.69, 9.17) is 5.26 Å². The molecule has 0 aliphatic rings. The first-order valence-corrected chi connectivity index (χ1v) is 5.61. The van der Waals surface area contributed by atoms with Crippen LogP contribution in [0.1, 0.15) is 30.6 Å². The van der Waals surface area contributed by atoms with Crippen LogP contribution in [-0.2, 0) is 0 Å². The first-order chi connectivity index (χ1) is 8.49. The Morgan fingerprint density at radius 1 is 1.44 bits per heavy atom. The number of rotatable bonds is 4. The molecule has 0 heterocycles. The van der Waals surface area contributed by atoms with Crippen LogP contribution in [0.25, 0.3) is 0 Å². The van der Waals surface area contributed by atoms with Gasteiger partial charge in [0.1, 0.15) is 0 Å². The average molecular weight is 252 g/mol. The van der Waals surface area contributed by atoms with Gasteiger partial charge in [-0.25, -0.2) is 8.78 Å². The summed E-state index contributed by atoms with van der Waals surface area (Å²) in [6.45, 7) is 3.71. The van der Waals surface area contributed by atoms with Gasteiger partial charge < -0.3 is 4.90 Å². The molecule has 18 heavy (non-hydrogen) atoms. The summed E-state index contributed by atoms with van der Waals surface area (Å²) in [6.07, 6.45) is 0.154. The molecule has 0 aliphatic heterocycles. The first kappa shape index (κ1) is 14.1. The number of hydrogen-bond acceptors (Lipinski definition) is 2. The average Bonchev–Trinajstić information content (AvgIpc) is 2.32. The highest BCUT2D eigenvalue weighted by atomic mass is 19.2. The van der Waals surface area contributed by atoms with Crippen molar-refractivity contribution in [3.63, 3.8) is 0 Å². The summed E-state index contributed by atoms with van der Waals surface area (Å²) in [5.41, 5.74) is -0.304. The van der Waals surface area contributed by atoms with Gasteiger partial charge in [0.05, 0.1) is 18.1 Å². The predicted octanol–water partition coefficient (Wildman–Crippen LogP) is 2.73. The maximum atomic E-state index is 13.5. The minimum Gasteiger partial charge on any atom is -0.335 e. The zero-order chi connectivity index (χ0) is 13.7. The standard InChI is InChI=1S/C13H14F2N2O/c1-9(2)17(8-4-7-16)13(18)10-5-3-6-11(14)12(10)15/h3,5-6,9H,4,8H2,1-2H3. The molecule has 0 fully saturated rings. The number of nitriles is 1. The second-order valence-electron chi connectivity index (χ2n) is 4.10. The molecule has 0 radical (unpaired) electrons. The Kier molecular flexibility index (Phi) is 4.78. The zero-order valence-corrected chi connectivity index (χ0v) is 10.3. The third-order valence-electron chi connectivity index (χ3n) is 2.53. The number of amides is 1. The molecule has 0 aromatic heterocycles. The lowest BCUT2D eigenvalue weighted by atomic mass is 10.1. The van der Waals surface area contributed by atoms with Gasteiger partial charge in [0.15, 0.2) is 11.6 Å². The molecule has 3 nitrogen and oxygen atoms in total. The third-order valence-corrected chi connectivity index (χ3v) is 2.53. The molecule has 0 saturated carbocycles. The normalized spacial score (nSPS) is 10.2. The largest absolute Gasteiger partial charge is 0.335 e. The molecule has 1 aromatic rings. The molecule has 0 bridgehead atoms. The smallest absolute Gasteiger partial charge is 0.257 e. The van der Waals surface area contributed by atoms with Crippen LogP contribution in [0.5, 0.6) is 0 Å². The van der Waals surface area contributed by atoms with E-state index in [1.165, 1.54) is 17.0 Å². The van der Waals surface area contributed by atoms with E-state index in [0.717, 1.165) is 6.07 Å².